The first-order valence-electron chi connectivity index (χ1n) is 6.78. The number of halogens is 1. The van der Waals surface area contributed by atoms with E-state index in [1.165, 1.54) is 0 Å². The van der Waals surface area contributed by atoms with Gasteiger partial charge < -0.3 is 15.0 Å². The molecule has 0 aliphatic carbocycles. The third kappa shape index (κ3) is 2.41. The number of nitrogens with zero attached hydrogens (tertiary/aromatic N) is 4. The van der Waals surface area contributed by atoms with E-state index in [-0.39, 0.29) is 5.95 Å². The van der Waals surface area contributed by atoms with Crippen LogP contribution in [-0.4, -0.2) is 26.6 Å². The minimum atomic E-state index is 0.222. The van der Waals surface area contributed by atoms with Crippen LogP contribution in [0.5, 0.6) is 5.75 Å². The summed E-state index contributed by atoms with van der Waals surface area (Å²) in [6, 6.07) is 4.15. The molecule has 1 aromatic carbocycles. The Bertz CT molecular complexity index is 859. The molecule has 2 N–H and O–H groups in total. The van der Waals surface area contributed by atoms with E-state index in [0.29, 0.717) is 22.3 Å². The molecular weight excluding hydrogens is 346 g/mol. The summed E-state index contributed by atoms with van der Waals surface area (Å²) in [5, 5.41) is 0. The Balaban J connectivity index is 2.08. The third-order valence-electron chi connectivity index (χ3n) is 3.70. The first kappa shape index (κ1) is 14.8. The highest BCUT2D eigenvalue weighted by molar-refractivity contribution is 9.10. The molecule has 0 saturated carbocycles. The van der Waals surface area contributed by atoms with E-state index in [2.05, 4.69) is 49.9 Å². The molecule has 0 aliphatic rings. The van der Waals surface area contributed by atoms with Crippen molar-refractivity contribution in [2.75, 3.05) is 12.8 Å². The van der Waals surface area contributed by atoms with Gasteiger partial charge in [-0.2, -0.15) is 4.98 Å². The fourth-order valence-electron chi connectivity index (χ4n) is 2.58. The molecule has 0 aliphatic heterocycles. The van der Waals surface area contributed by atoms with Crippen LogP contribution in [0.4, 0.5) is 5.95 Å². The van der Waals surface area contributed by atoms with E-state index in [1.807, 2.05) is 11.5 Å². The molecule has 0 atom stereocenters. The van der Waals surface area contributed by atoms with Crippen molar-refractivity contribution < 1.29 is 4.74 Å². The highest BCUT2D eigenvalue weighted by Gasteiger charge is 2.13. The van der Waals surface area contributed by atoms with Crippen LogP contribution in [0.3, 0.4) is 0 Å². The van der Waals surface area contributed by atoms with Gasteiger partial charge in [0.15, 0.2) is 5.65 Å². The number of hydrogen-bond donors (Lipinski definition) is 1. The number of imidazole rings is 1. The number of rotatable bonds is 3. The Morgan fingerprint density at radius 2 is 2.05 bits per heavy atom. The van der Waals surface area contributed by atoms with E-state index in [1.54, 1.807) is 13.4 Å². The Morgan fingerprint density at radius 1 is 1.27 bits per heavy atom. The maximum Gasteiger partial charge on any atom is 0.223 e. The highest BCUT2D eigenvalue weighted by atomic mass is 79.9. The molecule has 2 aromatic heterocycles. The standard InChI is InChI=1S/C15H16BrN5O/c1-8-4-5-10(9(2)12(8)22-3)6-21-7-18-11-13(16)19-15(17)20-14(11)21/h4-5,7H,6H2,1-3H3,(H2,17,19,20). The number of fused-ring (bicyclic) bond motifs is 1. The van der Waals surface area contributed by atoms with Gasteiger partial charge in [0, 0.05) is 0 Å². The average molecular weight is 362 g/mol. The van der Waals surface area contributed by atoms with Crippen molar-refractivity contribution in [2.45, 2.75) is 20.4 Å². The Kier molecular flexibility index (Phi) is 3.74. The predicted molar refractivity (Wildman–Crippen MR) is 89.0 cm³/mol. The van der Waals surface area contributed by atoms with Gasteiger partial charge in [0.25, 0.3) is 0 Å². The summed E-state index contributed by atoms with van der Waals surface area (Å²) in [5.74, 6) is 1.14. The number of aromatic nitrogens is 4. The van der Waals surface area contributed by atoms with Gasteiger partial charge in [-0.15, -0.1) is 0 Å². The van der Waals surface area contributed by atoms with Gasteiger partial charge in [-0.1, -0.05) is 12.1 Å². The maximum absolute atomic E-state index is 5.73. The number of nitrogen functional groups attached to an aromatic ring is 1. The third-order valence-corrected chi connectivity index (χ3v) is 4.25. The van der Waals surface area contributed by atoms with Crippen LogP contribution in [0.2, 0.25) is 0 Å². The molecule has 22 heavy (non-hydrogen) atoms. The molecule has 0 unspecified atom stereocenters. The molecule has 0 saturated heterocycles. The van der Waals surface area contributed by atoms with Gasteiger partial charge >= 0.3 is 0 Å². The topological polar surface area (TPSA) is 78.8 Å². The van der Waals surface area contributed by atoms with Gasteiger partial charge in [0.2, 0.25) is 5.95 Å². The molecule has 114 valence electrons. The Morgan fingerprint density at radius 3 is 2.77 bits per heavy atom. The summed E-state index contributed by atoms with van der Waals surface area (Å²) < 4.78 is 8.04. The molecule has 0 bridgehead atoms. The second-order valence-corrected chi connectivity index (χ2v) is 5.87. The summed E-state index contributed by atoms with van der Waals surface area (Å²) in [4.78, 5) is 12.7. The number of aryl methyl sites for hydroxylation is 1. The molecule has 6 nitrogen and oxygen atoms in total. The van der Waals surface area contributed by atoms with Crippen LogP contribution >= 0.6 is 15.9 Å². The first-order valence-corrected chi connectivity index (χ1v) is 7.57. The number of anilines is 1. The van der Waals surface area contributed by atoms with E-state index < -0.39 is 0 Å². The number of nitrogens with two attached hydrogens (primary N) is 1. The lowest BCUT2D eigenvalue weighted by atomic mass is 10.0. The molecule has 3 aromatic rings. The quantitative estimate of drug-likeness (QED) is 0.725. The van der Waals surface area contributed by atoms with Gasteiger partial charge in [-0.05, 0) is 46.5 Å². The lowest BCUT2D eigenvalue weighted by Gasteiger charge is -2.13. The lowest BCUT2D eigenvalue weighted by Crippen LogP contribution is -2.05. The van der Waals surface area contributed by atoms with Gasteiger partial charge in [0.1, 0.15) is 15.9 Å². The zero-order valence-corrected chi connectivity index (χ0v) is 14.2. The Labute approximate surface area is 136 Å². The minimum absolute atomic E-state index is 0.222. The molecule has 7 heteroatoms. The van der Waals surface area contributed by atoms with Crippen molar-refractivity contribution in [3.63, 3.8) is 0 Å². The van der Waals surface area contributed by atoms with Crippen molar-refractivity contribution in [3.8, 4) is 5.75 Å². The molecule has 0 radical (unpaired) electrons. The number of ether oxygens (including phenoxy) is 1. The largest absolute Gasteiger partial charge is 0.496 e. The van der Waals surface area contributed by atoms with Crippen LogP contribution in [0.15, 0.2) is 23.1 Å². The minimum Gasteiger partial charge on any atom is -0.496 e. The van der Waals surface area contributed by atoms with Crippen LogP contribution < -0.4 is 10.5 Å². The van der Waals surface area contributed by atoms with Crippen molar-refractivity contribution in [3.05, 3.63) is 39.8 Å². The zero-order chi connectivity index (χ0) is 15.9. The van der Waals surface area contributed by atoms with Crippen molar-refractivity contribution in [1.29, 1.82) is 0 Å². The molecule has 0 amide bonds. The van der Waals surface area contributed by atoms with E-state index in [4.69, 9.17) is 10.5 Å². The van der Waals surface area contributed by atoms with E-state index >= 15 is 0 Å². The molecule has 0 spiro atoms. The summed E-state index contributed by atoms with van der Waals surface area (Å²) in [6.07, 6.45) is 1.75. The summed E-state index contributed by atoms with van der Waals surface area (Å²) in [5.41, 5.74) is 10.5. The fourth-order valence-corrected chi connectivity index (χ4v) is 3.04. The Hall–Kier alpha value is -2.15. The second-order valence-electron chi connectivity index (χ2n) is 5.12. The molecule has 3 rings (SSSR count). The van der Waals surface area contributed by atoms with Crippen LogP contribution in [0.1, 0.15) is 16.7 Å². The van der Waals surface area contributed by atoms with Crippen LogP contribution in [-0.2, 0) is 6.54 Å². The normalized spacial score (nSPS) is 11.1. The highest BCUT2D eigenvalue weighted by Crippen LogP contribution is 2.27. The summed E-state index contributed by atoms with van der Waals surface area (Å²) >= 11 is 3.37. The summed E-state index contributed by atoms with van der Waals surface area (Å²) in [7, 11) is 1.69. The SMILES string of the molecule is COc1c(C)ccc(Cn2cnc3c(Br)nc(N)nc32)c1C. The lowest BCUT2D eigenvalue weighted by molar-refractivity contribution is 0.407. The van der Waals surface area contributed by atoms with Crippen molar-refractivity contribution >= 4 is 33.0 Å². The zero-order valence-electron chi connectivity index (χ0n) is 12.6. The van der Waals surface area contributed by atoms with Gasteiger partial charge in [-0.3, -0.25) is 0 Å². The van der Waals surface area contributed by atoms with Crippen LogP contribution in [0, 0.1) is 13.8 Å². The molecule has 0 fully saturated rings. The van der Waals surface area contributed by atoms with Gasteiger partial charge in [0.05, 0.1) is 20.0 Å². The van der Waals surface area contributed by atoms with Crippen molar-refractivity contribution in [2.24, 2.45) is 0 Å². The molecular formula is C15H16BrN5O. The maximum atomic E-state index is 5.73. The fraction of sp³-hybridized carbons (Fsp3) is 0.267. The monoisotopic (exact) mass is 361 g/mol. The van der Waals surface area contributed by atoms with Crippen molar-refractivity contribution in [1.82, 2.24) is 19.5 Å². The van der Waals surface area contributed by atoms with E-state index in [9.17, 15) is 0 Å². The number of hydrogen-bond acceptors (Lipinski definition) is 5. The van der Waals surface area contributed by atoms with Crippen LogP contribution in [0.25, 0.3) is 11.2 Å². The second kappa shape index (κ2) is 5.57. The number of benzene rings is 1. The number of methoxy groups -OCH3 is 1. The summed E-state index contributed by atoms with van der Waals surface area (Å²) in [6.45, 7) is 4.73. The predicted octanol–water partition coefficient (Wildman–Crippen LogP) is 2.84. The van der Waals surface area contributed by atoms with Gasteiger partial charge in [-0.25, -0.2) is 9.97 Å². The smallest absolute Gasteiger partial charge is 0.223 e. The average Bonchev–Trinajstić information content (AvgIpc) is 2.86. The molecule has 2 heterocycles. The van der Waals surface area contributed by atoms with E-state index in [0.717, 1.165) is 22.4 Å². The first-order chi connectivity index (χ1) is 10.5.